The van der Waals surface area contributed by atoms with E-state index in [-0.39, 0.29) is 11.3 Å². The summed E-state index contributed by atoms with van der Waals surface area (Å²) in [5.74, 6) is -0.591. The quantitative estimate of drug-likeness (QED) is 0.266. The smallest absolute Gasteiger partial charge is 0.283 e. The van der Waals surface area contributed by atoms with Gasteiger partial charge in [-0.15, -0.1) is 0 Å². The summed E-state index contributed by atoms with van der Waals surface area (Å²) in [6, 6.07) is 11.8. The van der Waals surface area contributed by atoms with Gasteiger partial charge in [0.1, 0.15) is 18.0 Å². The Morgan fingerprint density at radius 1 is 1.30 bits per heavy atom. The molecule has 1 aromatic heterocycles. The van der Waals surface area contributed by atoms with Crippen molar-refractivity contribution in [2.75, 3.05) is 5.32 Å². The fourth-order valence-corrected chi connectivity index (χ4v) is 3.44. The van der Waals surface area contributed by atoms with Crippen molar-refractivity contribution in [3.8, 4) is 6.07 Å². The first kappa shape index (κ1) is 20.8. The minimum absolute atomic E-state index is 0.167. The van der Waals surface area contributed by atoms with E-state index in [0.29, 0.717) is 21.3 Å². The third-order valence-electron chi connectivity index (χ3n) is 4.09. The monoisotopic (exact) mass is 420 g/mol. The molecule has 0 atom stereocenters. The second kappa shape index (κ2) is 9.02. The van der Waals surface area contributed by atoms with Crippen LogP contribution in [0.3, 0.4) is 0 Å². The number of benzene rings is 2. The molecule has 0 saturated heterocycles. The fraction of sp³-hybridized carbons (Fsp3) is 0.100. The number of nitriles is 1. The lowest BCUT2D eigenvalue weighted by Crippen LogP contribution is -2.14. The Labute approximate surface area is 176 Å². The normalized spacial score (nSPS) is 11.0. The number of anilines is 1. The highest BCUT2D eigenvalue weighted by Gasteiger charge is 2.18. The molecule has 0 saturated carbocycles. The minimum atomic E-state index is -0.591. The van der Waals surface area contributed by atoms with E-state index in [1.807, 2.05) is 32.0 Å². The Morgan fingerprint density at radius 2 is 2.10 bits per heavy atom. The molecule has 10 heteroatoms. The van der Waals surface area contributed by atoms with Crippen LogP contribution in [-0.4, -0.2) is 26.0 Å². The van der Waals surface area contributed by atoms with E-state index in [4.69, 9.17) is 0 Å². The van der Waals surface area contributed by atoms with Gasteiger partial charge in [0, 0.05) is 11.8 Å². The number of hydrogen-bond acceptors (Lipinski definition) is 7. The Balaban J connectivity index is 1.87. The van der Waals surface area contributed by atoms with Crippen LogP contribution in [0.25, 0.3) is 6.08 Å². The van der Waals surface area contributed by atoms with Crippen LogP contribution < -0.4 is 5.32 Å². The largest absolute Gasteiger partial charge is 0.321 e. The predicted molar refractivity (Wildman–Crippen MR) is 112 cm³/mol. The van der Waals surface area contributed by atoms with Gasteiger partial charge in [-0.25, -0.2) is 4.98 Å². The Bertz CT molecular complexity index is 1180. The van der Waals surface area contributed by atoms with Crippen LogP contribution >= 0.6 is 11.8 Å². The summed E-state index contributed by atoms with van der Waals surface area (Å²) >= 11 is 1.06. The Hall–Kier alpha value is -3.97. The molecular formula is C20H16N6O3S. The predicted octanol–water partition coefficient (Wildman–Crippen LogP) is 4.03. The van der Waals surface area contributed by atoms with Crippen molar-refractivity contribution in [1.29, 1.82) is 5.26 Å². The molecule has 2 N–H and O–H groups in total. The van der Waals surface area contributed by atoms with E-state index in [0.717, 1.165) is 22.9 Å². The lowest BCUT2D eigenvalue weighted by Gasteiger charge is -2.08. The van der Waals surface area contributed by atoms with Crippen LogP contribution in [0.4, 0.5) is 11.4 Å². The summed E-state index contributed by atoms with van der Waals surface area (Å²) < 4.78 is 0. The zero-order valence-electron chi connectivity index (χ0n) is 16.0. The van der Waals surface area contributed by atoms with Gasteiger partial charge in [-0.1, -0.05) is 23.8 Å². The van der Waals surface area contributed by atoms with Crippen molar-refractivity contribution in [3.63, 3.8) is 0 Å². The third-order valence-corrected chi connectivity index (χ3v) is 5.04. The van der Waals surface area contributed by atoms with E-state index < -0.39 is 10.8 Å². The summed E-state index contributed by atoms with van der Waals surface area (Å²) in [7, 11) is 0. The van der Waals surface area contributed by atoms with E-state index in [1.54, 1.807) is 12.1 Å². The number of rotatable bonds is 6. The summed E-state index contributed by atoms with van der Waals surface area (Å²) in [5.41, 5.74) is 2.53. The first-order valence-electron chi connectivity index (χ1n) is 8.69. The maximum atomic E-state index is 12.5. The van der Waals surface area contributed by atoms with Gasteiger partial charge in [0.15, 0.2) is 5.16 Å². The molecule has 0 spiro atoms. The Morgan fingerprint density at radius 3 is 2.73 bits per heavy atom. The van der Waals surface area contributed by atoms with Gasteiger partial charge >= 0.3 is 0 Å². The lowest BCUT2D eigenvalue weighted by atomic mass is 10.1. The van der Waals surface area contributed by atoms with Crippen LogP contribution in [0, 0.1) is 35.3 Å². The molecule has 0 fully saturated rings. The van der Waals surface area contributed by atoms with Crippen LogP contribution in [0.2, 0.25) is 0 Å². The van der Waals surface area contributed by atoms with Crippen LogP contribution in [0.1, 0.15) is 16.7 Å². The average molecular weight is 420 g/mol. The zero-order chi connectivity index (χ0) is 21.7. The van der Waals surface area contributed by atoms with Crippen molar-refractivity contribution in [1.82, 2.24) is 15.2 Å². The number of H-pyrrole nitrogens is 1. The molecule has 3 aromatic rings. The fourth-order valence-electron chi connectivity index (χ4n) is 2.66. The van der Waals surface area contributed by atoms with Gasteiger partial charge in [-0.05, 0) is 54.9 Å². The van der Waals surface area contributed by atoms with Gasteiger partial charge in [0.2, 0.25) is 0 Å². The molecule has 1 heterocycles. The van der Waals surface area contributed by atoms with Gasteiger partial charge in [-0.3, -0.25) is 20.0 Å². The zero-order valence-corrected chi connectivity index (χ0v) is 16.9. The molecule has 0 aliphatic carbocycles. The van der Waals surface area contributed by atoms with E-state index in [2.05, 4.69) is 20.5 Å². The molecule has 0 aliphatic rings. The van der Waals surface area contributed by atoms with E-state index in [9.17, 15) is 20.2 Å². The van der Waals surface area contributed by atoms with E-state index in [1.165, 1.54) is 24.5 Å². The number of carbonyl (C=O) groups is 1. The van der Waals surface area contributed by atoms with Gasteiger partial charge in [0.05, 0.1) is 9.82 Å². The van der Waals surface area contributed by atoms with Crippen molar-refractivity contribution in [3.05, 3.63) is 75.1 Å². The van der Waals surface area contributed by atoms with Crippen LogP contribution in [0.5, 0.6) is 0 Å². The van der Waals surface area contributed by atoms with Gasteiger partial charge in [0.25, 0.3) is 11.6 Å². The molecule has 0 aliphatic heterocycles. The highest BCUT2D eigenvalue weighted by atomic mass is 32.2. The number of aromatic amines is 1. The molecular weight excluding hydrogens is 404 g/mol. The lowest BCUT2D eigenvalue weighted by molar-refractivity contribution is -0.387. The molecule has 2 aromatic carbocycles. The van der Waals surface area contributed by atoms with Crippen molar-refractivity contribution < 1.29 is 9.72 Å². The summed E-state index contributed by atoms with van der Waals surface area (Å²) in [6.07, 6.45) is 2.62. The van der Waals surface area contributed by atoms with Crippen molar-refractivity contribution in [2.45, 2.75) is 23.9 Å². The number of nitrogens with one attached hydrogen (secondary N) is 2. The number of nitro groups is 1. The van der Waals surface area contributed by atoms with Gasteiger partial charge in [-0.2, -0.15) is 10.4 Å². The molecule has 0 unspecified atom stereocenters. The molecule has 1 amide bonds. The molecule has 30 heavy (non-hydrogen) atoms. The number of hydrogen-bond donors (Lipinski definition) is 2. The first-order valence-corrected chi connectivity index (χ1v) is 9.51. The number of carbonyl (C=O) groups excluding carboxylic acids is 1. The topological polar surface area (TPSA) is 138 Å². The van der Waals surface area contributed by atoms with Crippen LogP contribution in [-0.2, 0) is 4.79 Å². The second-order valence-electron chi connectivity index (χ2n) is 6.32. The second-order valence-corrected chi connectivity index (χ2v) is 7.35. The number of amides is 1. The maximum absolute atomic E-state index is 12.5. The third kappa shape index (κ3) is 4.89. The highest BCUT2D eigenvalue weighted by molar-refractivity contribution is 7.99. The molecule has 150 valence electrons. The number of aryl methyl sites for hydroxylation is 2. The average Bonchev–Trinajstić information content (AvgIpc) is 3.22. The number of nitrogens with zero attached hydrogens (tertiary/aromatic N) is 4. The van der Waals surface area contributed by atoms with E-state index >= 15 is 0 Å². The summed E-state index contributed by atoms with van der Waals surface area (Å²) in [6.45, 7) is 3.79. The number of nitro benzene ring substituents is 1. The van der Waals surface area contributed by atoms with Crippen molar-refractivity contribution >= 4 is 35.1 Å². The SMILES string of the molecule is Cc1ccc(NC(=O)C(C#N)=Cc2ccc(Sc3ncn[nH]3)c([N+](=O)[O-])c2)c(C)c1. The summed E-state index contributed by atoms with van der Waals surface area (Å²) in [4.78, 5) is 27.8. The molecule has 0 radical (unpaired) electrons. The van der Waals surface area contributed by atoms with Crippen molar-refractivity contribution in [2.24, 2.45) is 0 Å². The number of aromatic nitrogens is 3. The molecule has 9 nitrogen and oxygen atoms in total. The molecule has 3 rings (SSSR count). The summed E-state index contributed by atoms with van der Waals surface area (Å²) in [5, 5.41) is 30.3. The Kier molecular flexibility index (Phi) is 6.24. The first-order chi connectivity index (χ1) is 14.4. The maximum Gasteiger partial charge on any atom is 0.283 e. The highest BCUT2D eigenvalue weighted by Crippen LogP contribution is 2.34. The standard InChI is InChI=1S/C20H16N6O3S/c1-12-3-5-16(13(2)7-12)24-19(27)15(10-21)8-14-4-6-18(17(9-14)26(28)29)30-20-22-11-23-25-20/h3-9,11H,1-2H3,(H,24,27)(H,22,23,25). The minimum Gasteiger partial charge on any atom is -0.321 e. The van der Waals surface area contributed by atoms with Gasteiger partial charge < -0.3 is 5.32 Å². The van der Waals surface area contributed by atoms with Crippen LogP contribution in [0.15, 0.2) is 58.4 Å². The molecule has 0 bridgehead atoms.